The molecule has 0 radical (unpaired) electrons. The number of hydrogen-bond acceptors (Lipinski definition) is 5. The molecule has 3 nitrogen and oxygen atoms in total. The Kier molecular flexibility index (Phi) is 10.2. The van der Waals surface area contributed by atoms with E-state index in [2.05, 4.69) is 276 Å². The standard InChI is InChI=1S/C64H43N3S2/c1-5-15-44(16-6-1)46-25-28-51(29-26-46)67(55-33-37-63-59(42-55)57-40-53(31-35-61(57)68-63)65(48-19-7-2-8-20-48)49-21-9-3-10-22-49)56-34-38-64-60(43-56)58-41-54(32-36-62(58)69-64)66(50-23-11-4-12-24-50)52-30-27-45-17-13-14-18-47(45)39-52/h1-43H. The van der Waals surface area contributed by atoms with Crippen molar-refractivity contribution in [3.8, 4) is 11.1 Å². The van der Waals surface area contributed by atoms with E-state index in [4.69, 9.17) is 0 Å². The van der Waals surface area contributed by atoms with Gasteiger partial charge in [-0.1, -0.05) is 127 Å². The van der Waals surface area contributed by atoms with Crippen LogP contribution in [0.2, 0.25) is 0 Å². The summed E-state index contributed by atoms with van der Waals surface area (Å²) in [6.45, 7) is 0. The second-order valence-corrected chi connectivity index (χ2v) is 19.6. The average molecular weight is 918 g/mol. The summed E-state index contributed by atoms with van der Waals surface area (Å²) in [7, 11) is 0. The molecule has 0 saturated carbocycles. The third-order valence-electron chi connectivity index (χ3n) is 13.2. The van der Waals surface area contributed by atoms with Gasteiger partial charge in [0.25, 0.3) is 0 Å². The fraction of sp³-hybridized carbons (Fsp3) is 0. The first-order valence-corrected chi connectivity index (χ1v) is 24.9. The molecule has 13 rings (SSSR count). The third kappa shape index (κ3) is 7.55. The zero-order chi connectivity index (χ0) is 45.7. The molecule has 0 unspecified atom stereocenters. The number of benzene rings is 11. The maximum absolute atomic E-state index is 2.43. The summed E-state index contributed by atoms with van der Waals surface area (Å²) in [5, 5.41) is 7.41. The van der Waals surface area contributed by atoms with Gasteiger partial charge >= 0.3 is 0 Å². The second kappa shape index (κ2) is 17.3. The number of para-hydroxylation sites is 3. The summed E-state index contributed by atoms with van der Waals surface area (Å²) in [6, 6.07) is 94.9. The zero-order valence-electron chi connectivity index (χ0n) is 37.5. The lowest BCUT2D eigenvalue weighted by Crippen LogP contribution is -2.10. The van der Waals surface area contributed by atoms with E-state index in [0.717, 1.165) is 51.2 Å². The molecule has 69 heavy (non-hydrogen) atoms. The van der Waals surface area contributed by atoms with Gasteiger partial charge in [0.15, 0.2) is 0 Å². The fourth-order valence-electron chi connectivity index (χ4n) is 9.89. The van der Waals surface area contributed by atoms with Crippen LogP contribution in [0.5, 0.6) is 0 Å². The minimum absolute atomic E-state index is 1.10. The Balaban J connectivity index is 0.964. The highest BCUT2D eigenvalue weighted by Crippen LogP contribution is 2.47. The Morgan fingerprint density at radius 3 is 0.913 bits per heavy atom. The molecule has 0 amide bonds. The van der Waals surface area contributed by atoms with E-state index >= 15 is 0 Å². The second-order valence-electron chi connectivity index (χ2n) is 17.4. The lowest BCUT2D eigenvalue weighted by molar-refractivity contribution is 1.29. The third-order valence-corrected chi connectivity index (χ3v) is 15.5. The van der Waals surface area contributed by atoms with Crippen LogP contribution in [0.1, 0.15) is 0 Å². The predicted molar refractivity (Wildman–Crippen MR) is 299 cm³/mol. The van der Waals surface area contributed by atoms with Crippen LogP contribution >= 0.6 is 22.7 Å². The fourth-order valence-corrected chi connectivity index (χ4v) is 12.0. The predicted octanol–water partition coefficient (Wildman–Crippen LogP) is 19.7. The van der Waals surface area contributed by atoms with Crippen molar-refractivity contribution in [2.75, 3.05) is 14.7 Å². The molecule has 0 saturated heterocycles. The first-order valence-electron chi connectivity index (χ1n) is 23.3. The first-order chi connectivity index (χ1) is 34.2. The number of thiophene rings is 2. The Labute approximate surface area is 409 Å². The van der Waals surface area contributed by atoms with Crippen LogP contribution in [0.4, 0.5) is 51.2 Å². The molecular weight excluding hydrogens is 875 g/mol. The van der Waals surface area contributed by atoms with E-state index in [1.807, 2.05) is 22.7 Å². The van der Waals surface area contributed by atoms with Crippen LogP contribution < -0.4 is 14.7 Å². The lowest BCUT2D eigenvalue weighted by Gasteiger charge is -2.26. The summed E-state index contributed by atoms with van der Waals surface area (Å²) in [5.41, 5.74) is 12.4. The molecule has 11 aromatic carbocycles. The van der Waals surface area contributed by atoms with Crippen LogP contribution in [0, 0.1) is 0 Å². The maximum atomic E-state index is 2.43. The normalized spacial score (nSPS) is 11.5. The van der Waals surface area contributed by atoms with Crippen molar-refractivity contribution in [2.45, 2.75) is 0 Å². The first kappa shape index (κ1) is 40.8. The van der Waals surface area contributed by atoms with Gasteiger partial charge in [-0.25, -0.2) is 0 Å². The van der Waals surface area contributed by atoms with Crippen LogP contribution in [0.25, 0.3) is 62.2 Å². The molecule has 0 fully saturated rings. The summed E-state index contributed by atoms with van der Waals surface area (Å²) in [6.07, 6.45) is 0. The Bertz CT molecular complexity index is 3920. The largest absolute Gasteiger partial charge is 0.310 e. The molecular formula is C64H43N3S2. The van der Waals surface area contributed by atoms with Crippen molar-refractivity contribution in [3.05, 3.63) is 261 Å². The summed E-state index contributed by atoms with van der Waals surface area (Å²) in [4.78, 5) is 7.16. The van der Waals surface area contributed by atoms with Crippen LogP contribution in [-0.4, -0.2) is 0 Å². The Morgan fingerprint density at radius 2 is 0.493 bits per heavy atom. The Morgan fingerprint density at radius 1 is 0.203 bits per heavy atom. The molecule has 13 aromatic rings. The van der Waals surface area contributed by atoms with Crippen molar-refractivity contribution in [3.63, 3.8) is 0 Å². The molecule has 2 aromatic heterocycles. The molecule has 0 aliphatic rings. The maximum Gasteiger partial charge on any atom is 0.0468 e. The highest BCUT2D eigenvalue weighted by molar-refractivity contribution is 7.26. The molecule has 0 atom stereocenters. The smallest absolute Gasteiger partial charge is 0.0468 e. The van der Waals surface area contributed by atoms with Gasteiger partial charge in [0, 0.05) is 91.5 Å². The van der Waals surface area contributed by atoms with E-state index in [9.17, 15) is 0 Å². The molecule has 0 aliphatic carbocycles. The van der Waals surface area contributed by atoms with Crippen LogP contribution in [0.15, 0.2) is 261 Å². The number of hydrogen-bond donors (Lipinski definition) is 0. The highest BCUT2D eigenvalue weighted by Gasteiger charge is 2.20. The van der Waals surface area contributed by atoms with E-state index in [1.165, 1.54) is 62.2 Å². The number of fused-ring (bicyclic) bond motifs is 7. The van der Waals surface area contributed by atoms with Gasteiger partial charge in [-0.15, -0.1) is 22.7 Å². The van der Waals surface area contributed by atoms with Crippen molar-refractivity contribution in [1.29, 1.82) is 0 Å². The van der Waals surface area contributed by atoms with Gasteiger partial charge in [-0.05, 0) is 155 Å². The molecule has 0 N–H and O–H groups in total. The number of nitrogens with zero attached hydrogens (tertiary/aromatic N) is 3. The van der Waals surface area contributed by atoms with Gasteiger partial charge in [0.2, 0.25) is 0 Å². The van der Waals surface area contributed by atoms with Gasteiger partial charge in [0.05, 0.1) is 0 Å². The lowest BCUT2D eigenvalue weighted by atomic mass is 10.0. The molecule has 0 aliphatic heterocycles. The van der Waals surface area contributed by atoms with Crippen molar-refractivity contribution >= 4 is 125 Å². The van der Waals surface area contributed by atoms with Crippen molar-refractivity contribution in [1.82, 2.24) is 0 Å². The van der Waals surface area contributed by atoms with Gasteiger partial charge in [-0.2, -0.15) is 0 Å². The van der Waals surface area contributed by atoms with Crippen LogP contribution in [-0.2, 0) is 0 Å². The van der Waals surface area contributed by atoms with E-state index < -0.39 is 0 Å². The minimum atomic E-state index is 1.10. The van der Waals surface area contributed by atoms with Gasteiger partial charge in [0.1, 0.15) is 0 Å². The number of anilines is 9. The monoisotopic (exact) mass is 917 g/mol. The molecule has 5 heteroatoms. The molecule has 2 heterocycles. The molecule has 326 valence electrons. The number of rotatable bonds is 10. The average Bonchev–Trinajstić information content (AvgIpc) is 3.97. The van der Waals surface area contributed by atoms with Gasteiger partial charge < -0.3 is 14.7 Å². The topological polar surface area (TPSA) is 9.72 Å². The summed E-state index contributed by atoms with van der Waals surface area (Å²) >= 11 is 3.70. The van der Waals surface area contributed by atoms with E-state index in [0.29, 0.717) is 0 Å². The van der Waals surface area contributed by atoms with Gasteiger partial charge in [-0.3, -0.25) is 0 Å². The summed E-state index contributed by atoms with van der Waals surface area (Å²) < 4.78 is 5.05. The van der Waals surface area contributed by atoms with Crippen molar-refractivity contribution in [2.24, 2.45) is 0 Å². The molecule has 0 spiro atoms. The van der Waals surface area contributed by atoms with Crippen LogP contribution in [0.3, 0.4) is 0 Å². The SMILES string of the molecule is c1ccc(-c2ccc(N(c3ccc4sc5ccc(N(c6ccccc6)c6ccccc6)cc5c4c3)c3ccc4sc5ccc(N(c6ccccc6)c6ccc7ccccc7c6)cc5c4c3)cc2)cc1. The summed E-state index contributed by atoms with van der Waals surface area (Å²) in [5.74, 6) is 0. The Hall–Kier alpha value is -8.48. The minimum Gasteiger partial charge on any atom is -0.310 e. The highest BCUT2D eigenvalue weighted by atomic mass is 32.1. The van der Waals surface area contributed by atoms with Crippen molar-refractivity contribution < 1.29 is 0 Å². The van der Waals surface area contributed by atoms with E-state index in [-0.39, 0.29) is 0 Å². The van der Waals surface area contributed by atoms with E-state index in [1.54, 1.807) is 0 Å². The molecule has 0 bridgehead atoms. The zero-order valence-corrected chi connectivity index (χ0v) is 39.1. The quantitative estimate of drug-likeness (QED) is 0.135.